The summed E-state index contributed by atoms with van der Waals surface area (Å²) in [7, 11) is 3.64. The molecule has 0 heterocycles. The number of nitrogens with two attached hydrogens (primary N) is 1. The molecule has 0 amide bonds. The van der Waals surface area contributed by atoms with Crippen LogP contribution in [0.5, 0.6) is 5.75 Å². The Labute approximate surface area is 125 Å². The van der Waals surface area contributed by atoms with Crippen LogP contribution in [0.15, 0.2) is 48.5 Å². The fourth-order valence-electron chi connectivity index (χ4n) is 2.23. The summed E-state index contributed by atoms with van der Waals surface area (Å²) in [5, 5.41) is 0. The van der Waals surface area contributed by atoms with Crippen molar-refractivity contribution in [1.29, 1.82) is 0 Å². The molecule has 2 aromatic rings. The van der Waals surface area contributed by atoms with Crippen LogP contribution in [-0.2, 0) is 0 Å². The van der Waals surface area contributed by atoms with Gasteiger partial charge in [0.15, 0.2) is 0 Å². The van der Waals surface area contributed by atoms with Crippen LogP contribution in [0.25, 0.3) is 0 Å². The van der Waals surface area contributed by atoms with E-state index in [9.17, 15) is 4.39 Å². The average Bonchev–Trinajstić information content (AvgIpc) is 2.52. The van der Waals surface area contributed by atoms with E-state index in [1.54, 1.807) is 19.2 Å². The molecule has 2 rings (SSSR count). The van der Waals surface area contributed by atoms with Crippen LogP contribution >= 0.6 is 0 Å². The number of nitrogens with zero attached hydrogens (tertiary/aromatic N) is 1. The minimum Gasteiger partial charge on any atom is -0.497 e. The van der Waals surface area contributed by atoms with E-state index >= 15 is 0 Å². The van der Waals surface area contributed by atoms with E-state index in [0.717, 1.165) is 18.0 Å². The molecule has 3 nitrogen and oxygen atoms in total. The van der Waals surface area contributed by atoms with Crippen molar-refractivity contribution in [2.45, 2.75) is 12.5 Å². The van der Waals surface area contributed by atoms with Gasteiger partial charge in [-0.05, 0) is 36.8 Å². The Balaban J connectivity index is 1.94. The Morgan fingerprint density at radius 1 is 1.14 bits per heavy atom. The molecule has 0 radical (unpaired) electrons. The number of anilines is 1. The number of ether oxygens (including phenoxy) is 1. The van der Waals surface area contributed by atoms with Crippen molar-refractivity contribution < 1.29 is 9.13 Å². The van der Waals surface area contributed by atoms with Crippen LogP contribution in [0.2, 0.25) is 0 Å². The topological polar surface area (TPSA) is 38.5 Å². The van der Waals surface area contributed by atoms with Crippen LogP contribution in [-0.4, -0.2) is 20.7 Å². The number of benzene rings is 2. The van der Waals surface area contributed by atoms with Gasteiger partial charge in [-0.25, -0.2) is 4.39 Å². The number of rotatable bonds is 6. The maximum atomic E-state index is 13.7. The highest BCUT2D eigenvalue weighted by atomic mass is 19.1. The molecule has 0 saturated carbocycles. The van der Waals surface area contributed by atoms with Crippen molar-refractivity contribution in [1.82, 2.24) is 0 Å². The Bertz CT molecular complexity index is 571. The molecule has 1 unspecified atom stereocenters. The van der Waals surface area contributed by atoms with E-state index in [1.165, 1.54) is 6.07 Å². The van der Waals surface area contributed by atoms with Crippen LogP contribution in [0.1, 0.15) is 18.0 Å². The van der Waals surface area contributed by atoms with Gasteiger partial charge in [0.05, 0.1) is 7.11 Å². The van der Waals surface area contributed by atoms with Gasteiger partial charge in [0.25, 0.3) is 0 Å². The first-order chi connectivity index (χ1) is 10.1. The van der Waals surface area contributed by atoms with Gasteiger partial charge in [0.1, 0.15) is 11.6 Å². The van der Waals surface area contributed by atoms with Gasteiger partial charge in [-0.2, -0.15) is 0 Å². The fourth-order valence-corrected chi connectivity index (χ4v) is 2.23. The van der Waals surface area contributed by atoms with Gasteiger partial charge in [-0.3, -0.25) is 0 Å². The lowest BCUT2D eigenvalue weighted by Gasteiger charge is -2.22. The second kappa shape index (κ2) is 7.09. The Kier molecular flexibility index (Phi) is 5.17. The van der Waals surface area contributed by atoms with Crippen molar-refractivity contribution in [3.05, 3.63) is 59.9 Å². The third kappa shape index (κ3) is 3.95. The number of hydrogen-bond donors (Lipinski definition) is 1. The molecule has 4 heteroatoms. The van der Waals surface area contributed by atoms with Crippen molar-refractivity contribution in [2.24, 2.45) is 5.73 Å². The van der Waals surface area contributed by atoms with E-state index in [0.29, 0.717) is 12.0 Å². The van der Waals surface area contributed by atoms with Crippen molar-refractivity contribution in [2.75, 3.05) is 25.6 Å². The van der Waals surface area contributed by atoms with Gasteiger partial charge in [-0.15, -0.1) is 0 Å². The van der Waals surface area contributed by atoms with Crippen LogP contribution in [0.3, 0.4) is 0 Å². The summed E-state index contributed by atoms with van der Waals surface area (Å²) in [5.41, 5.74) is 7.73. The first-order valence-corrected chi connectivity index (χ1v) is 6.97. The van der Waals surface area contributed by atoms with Gasteiger partial charge in [-0.1, -0.05) is 18.2 Å². The third-order valence-corrected chi connectivity index (χ3v) is 3.59. The van der Waals surface area contributed by atoms with E-state index < -0.39 is 0 Å². The zero-order valence-corrected chi connectivity index (χ0v) is 12.4. The monoisotopic (exact) mass is 288 g/mol. The zero-order valence-electron chi connectivity index (χ0n) is 12.4. The van der Waals surface area contributed by atoms with E-state index in [4.69, 9.17) is 10.5 Å². The quantitative estimate of drug-likeness (QED) is 0.886. The second-order valence-electron chi connectivity index (χ2n) is 5.04. The number of hydrogen-bond acceptors (Lipinski definition) is 3. The van der Waals surface area contributed by atoms with Gasteiger partial charge in [0, 0.05) is 30.9 Å². The SMILES string of the molecule is COc1ccc(N(C)CCC(N)c2ccccc2F)cc1. The Hall–Kier alpha value is -2.07. The molecule has 0 aromatic heterocycles. The molecule has 2 aromatic carbocycles. The largest absolute Gasteiger partial charge is 0.497 e. The molecule has 0 bridgehead atoms. The number of halogens is 1. The summed E-state index contributed by atoms with van der Waals surface area (Å²) in [5.74, 6) is 0.590. The normalized spacial score (nSPS) is 12.0. The van der Waals surface area contributed by atoms with E-state index in [2.05, 4.69) is 4.90 Å². The smallest absolute Gasteiger partial charge is 0.127 e. The van der Waals surface area contributed by atoms with Crippen molar-refractivity contribution in [3.8, 4) is 5.75 Å². The van der Waals surface area contributed by atoms with Gasteiger partial charge >= 0.3 is 0 Å². The lowest BCUT2D eigenvalue weighted by atomic mass is 10.0. The summed E-state index contributed by atoms with van der Waals surface area (Å²) in [6.45, 7) is 0.752. The van der Waals surface area contributed by atoms with Gasteiger partial charge < -0.3 is 15.4 Å². The molecule has 0 aliphatic carbocycles. The first kappa shape index (κ1) is 15.3. The molecular weight excluding hydrogens is 267 g/mol. The van der Waals surface area contributed by atoms with Gasteiger partial charge in [0.2, 0.25) is 0 Å². The zero-order chi connectivity index (χ0) is 15.2. The van der Waals surface area contributed by atoms with Crippen molar-refractivity contribution >= 4 is 5.69 Å². The maximum Gasteiger partial charge on any atom is 0.127 e. The molecule has 0 aliphatic heterocycles. The highest BCUT2D eigenvalue weighted by Crippen LogP contribution is 2.21. The first-order valence-electron chi connectivity index (χ1n) is 6.97. The maximum absolute atomic E-state index is 13.7. The lowest BCUT2D eigenvalue weighted by Crippen LogP contribution is -2.23. The summed E-state index contributed by atoms with van der Waals surface area (Å²) in [4.78, 5) is 2.10. The molecule has 112 valence electrons. The summed E-state index contributed by atoms with van der Waals surface area (Å²) in [6, 6.07) is 14.2. The molecule has 0 spiro atoms. The molecule has 0 saturated heterocycles. The third-order valence-electron chi connectivity index (χ3n) is 3.59. The average molecular weight is 288 g/mol. The minimum absolute atomic E-state index is 0.239. The van der Waals surface area contributed by atoms with Crippen LogP contribution in [0, 0.1) is 5.82 Å². The highest BCUT2D eigenvalue weighted by Gasteiger charge is 2.11. The standard InChI is InChI=1S/C17H21FN2O/c1-20(13-7-9-14(21-2)10-8-13)12-11-17(19)15-5-3-4-6-16(15)18/h3-10,17H,11-12,19H2,1-2H3. The van der Waals surface area contributed by atoms with Crippen LogP contribution in [0.4, 0.5) is 10.1 Å². The van der Waals surface area contributed by atoms with E-state index in [1.807, 2.05) is 37.4 Å². The minimum atomic E-state index is -0.299. The predicted molar refractivity (Wildman–Crippen MR) is 84.2 cm³/mol. The Morgan fingerprint density at radius 2 is 1.81 bits per heavy atom. The summed E-state index contributed by atoms with van der Waals surface area (Å²) < 4.78 is 18.8. The molecule has 21 heavy (non-hydrogen) atoms. The summed E-state index contributed by atoms with van der Waals surface area (Å²) >= 11 is 0. The Morgan fingerprint density at radius 3 is 2.43 bits per heavy atom. The molecule has 0 aliphatic rings. The molecule has 2 N–H and O–H groups in total. The van der Waals surface area contributed by atoms with Crippen LogP contribution < -0.4 is 15.4 Å². The van der Waals surface area contributed by atoms with E-state index in [-0.39, 0.29) is 11.9 Å². The fraction of sp³-hybridized carbons (Fsp3) is 0.294. The summed E-state index contributed by atoms with van der Waals surface area (Å²) in [6.07, 6.45) is 0.684. The predicted octanol–water partition coefficient (Wildman–Crippen LogP) is 3.36. The lowest BCUT2D eigenvalue weighted by molar-refractivity contribution is 0.415. The van der Waals surface area contributed by atoms with Crippen molar-refractivity contribution in [3.63, 3.8) is 0 Å². The molecule has 0 fully saturated rings. The number of methoxy groups -OCH3 is 1. The molecular formula is C17H21FN2O. The highest BCUT2D eigenvalue weighted by molar-refractivity contribution is 5.48. The molecule has 1 atom stereocenters. The second-order valence-corrected chi connectivity index (χ2v) is 5.04.